The second-order valence-corrected chi connectivity index (χ2v) is 1.76. The Kier molecular flexibility index (Phi) is 2.15. The second-order valence-electron chi connectivity index (χ2n) is 1.76. The molecular weight excluding hydrogens is 102 g/mol. The summed E-state index contributed by atoms with van der Waals surface area (Å²) in [5.74, 6) is 0. The van der Waals surface area contributed by atoms with E-state index in [4.69, 9.17) is 5.11 Å². The van der Waals surface area contributed by atoms with Crippen LogP contribution in [-0.2, 0) is 0 Å². The maximum Gasteiger partial charge on any atom is 0.120 e. The fourth-order valence-corrected chi connectivity index (χ4v) is 0.0357. The molecule has 0 saturated heterocycles. The quantitative estimate of drug-likeness (QED) is 0.554. The number of rotatable bonds is 2. The third-order valence-electron chi connectivity index (χ3n) is 0.576. The summed E-state index contributed by atoms with van der Waals surface area (Å²) in [6.45, 7) is -0.944. The molecule has 0 atom stereocenters. The van der Waals surface area contributed by atoms with E-state index in [0.29, 0.717) is 0 Å². The number of halogens is 2. The first-order valence-electron chi connectivity index (χ1n) is 1.97. The standard InChI is InChI=1S/C4H8F2O/c1-4(7,2-5)3-6/h7H,2-3H2,1H3. The normalized spacial score (nSPS) is 12.0. The monoisotopic (exact) mass is 110 g/mol. The molecular formula is C4H8F2O. The molecule has 0 fully saturated rings. The Morgan fingerprint density at radius 3 is 1.71 bits per heavy atom. The fraction of sp³-hybridized carbons (Fsp3) is 1.00. The van der Waals surface area contributed by atoms with Crippen LogP contribution >= 0.6 is 0 Å². The van der Waals surface area contributed by atoms with Crippen LogP contribution < -0.4 is 0 Å². The molecule has 0 spiro atoms. The van der Waals surface area contributed by atoms with Crippen LogP contribution in [0.1, 0.15) is 6.92 Å². The van der Waals surface area contributed by atoms with E-state index < -0.39 is 19.0 Å². The van der Waals surface area contributed by atoms with Crippen LogP contribution in [0.4, 0.5) is 8.78 Å². The number of hydrogen-bond acceptors (Lipinski definition) is 1. The van der Waals surface area contributed by atoms with Gasteiger partial charge in [0.1, 0.15) is 19.0 Å². The van der Waals surface area contributed by atoms with Crippen molar-refractivity contribution in [2.75, 3.05) is 13.3 Å². The minimum absolute atomic E-state index is 1.02. The zero-order valence-corrected chi connectivity index (χ0v) is 4.12. The Hall–Kier alpha value is -0.180. The van der Waals surface area contributed by atoms with Gasteiger partial charge in [-0.3, -0.25) is 0 Å². The minimum atomic E-state index is -1.75. The highest BCUT2D eigenvalue weighted by Crippen LogP contribution is 2.02. The summed E-state index contributed by atoms with van der Waals surface area (Å²) in [6, 6.07) is 0. The van der Waals surface area contributed by atoms with E-state index in [9.17, 15) is 8.78 Å². The largest absolute Gasteiger partial charge is 0.385 e. The summed E-state index contributed by atoms with van der Waals surface area (Å²) in [6.07, 6.45) is 0. The molecule has 0 aromatic heterocycles. The van der Waals surface area contributed by atoms with Gasteiger partial charge in [-0.25, -0.2) is 8.78 Å². The van der Waals surface area contributed by atoms with E-state index >= 15 is 0 Å². The van der Waals surface area contributed by atoms with Crippen molar-refractivity contribution < 1.29 is 13.9 Å². The van der Waals surface area contributed by atoms with Crippen molar-refractivity contribution >= 4 is 0 Å². The van der Waals surface area contributed by atoms with Crippen molar-refractivity contribution in [2.24, 2.45) is 0 Å². The van der Waals surface area contributed by atoms with Crippen LogP contribution in [0, 0.1) is 0 Å². The predicted molar refractivity (Wildman–Crippen MR) is 22.6 cm³/mol. The Morgan fingerprint density at radius 1 is 1.43 bits per heavy atom. The van der Waals surface area contributed by atoms with Gasteiger partial charge in [0.05, 0.1) is 0 Å². The molecule has 44 valence electrons. The van der Waals surface area contributed by atoms with E-state index in [-0.39, 0.29) is 0 Å². The van der Waals surface area contributed by atoms with E-state index in [1.807, 2.05) is 0 Å². The summed E-state index contributed by atoms with van der Waals surface area (Å²) >= 11 is 0. The molecule has 7 heavy (non-hydrogen) atoms. The van der Waals surface area contributed by atoms with Gasteiger partial charge in [0, 0.05) is 0 Å². The van der Waals surface area contributed by atoms with Gasteiger partial charge in [0.2, 0.25) is 0 Å². The fourth-order valence-electron chi connectivity index (χ4n) is 0.0357. The average Bonchev–Trinajstić information content (AvgIpc) is 1.68. The molecule has 0 saturated carbocycles. The van der Waals surface area contributed by atoms with Crippen LogP contribution in [0.5, 0.6) is 0 Å². The second kappa shape index (κ2) is 2.21. The lowest BCUT2D eigenvalue weighted by molar-refractivity contribution is 0.0107. The maximum atomic E-state index is 11.3. The summed E-state index contributed by atoms with van der Waals surface area (Å²) in [5, 5.41) is 8.38. The van der Waals surface area contributed by atoms with Gasteiger partial charge in [-0.15, -0.1) is 0 Å². The van der Waals surface area contributed by atoms with Gasteiger partial charge in [-0.1, -0.05) is 0 Å². The highest BCUT2D eigenvalue weighted by Gasteiger charge is 2.18. The molecule has 1 N–H and O–H groups in total. The lowest BCUT2D eigenvalue weighted by atomic mass is 10.2. The number of alkyl halides is 2. The molecule has 0 bridgehead atoms. The Labute approximate surface area is 41.0 Å². The predicted octanol–water partition coefficient (Wildman–Crippen LogP) is 0.676. The molecule has 0 heterocycles. The lowest BCUT2D eigenvalue weighted by Crippen LogP contribution is -2.28. The molecule has 0 aliphatic rings. The van der Waals surface area contributed by atoms with Crippen molar-refractivity contribution in [1.82, 2.24) is 0 Å². The van der Waals surface area contributed by atoms with Crippen molar-refractivity contribution in [3.8, 4) is 0 Å². The number of aliphatic hydroxyl groups is 1. The third kappa shape index (κ3) is 2.51. The van der Waals surface area contributed by atoms with Crippen LogP contribution in [0.3, 0.4) is 0 Å². The van der Waals surface area contributed by atoms with Gasteiger partial charge in [-0.05, 0) is 6.92 Å². The van der Waals surface area contributed by atoms with E-state index in [0.717, 1.165) is 6.92 Å². The smallest absolute Gasteiger partial charge is 0.120 e. The summed E-state index contributed by atoms with van der Waals surface area (Å²) in [7, 11) is 0. The van der Waals surface area contributed by atoms with Crippen LogP contribution in [0.15, 0.2) is 0 Å². The molecule has 0 unspecified atom stereocenters. The van der Waals surface area contributed by atoms with Gasteiger partial charge < -0.3 is 5.11 Å². The molecule has 0 aromatic carbocycles. The maximum absolute atomic E-state index is 11.3. The topological polar surface area (TPSA) is 20.2 Å². The highest BCUT2D eigenvalue weighted by atomic mass is 19.1. The minimum Gasteiger partial charge on any atom is -0.385 e. The van der Waals surface area contributed by atoms with Gasteiger partial charge in [0.25, 0.3) is 0 Å². The molecule has 0 aliphatic carbocycles. The van der Waals surface area contributed by atoms with Gasteiger partial charge in [0.15, 0.2) is 0 Å². The Bertz CT molecular complexity index is 47.7. The van der Waals surface area contributed by atoms with E-state index in [2.05, 4.69) is 0 Å². The molecule has 0 aromatic rings. The van der Waals surface area contributed by atoms with Crippen LogP contribution in [0.2, 0.25) is 0 Å². The SMILES string of the molecule is CC(O)(CF)CF. The Morgan fingerprint density at radius 2 is 1.71 bits per heavy atom. The molecule has 1 nitrogen and oxygen atoms in total. The van der Waals surface area contributed by atoms with Crippen molar-refractivity contribution in [3.05, 3.63) is 0 Å². The zero-order valence-electron chi connectivity index (χ0n) is 4.12. The molecule has 0 aliphatic heterocycles. The zero-order chi connectivity index (χ0) is 5.91. The van der Waals surface area contributed by atoms with E-state index in [1.54, 1.807) is 0 Å². The van der Waals surface area contributed by atoms with Crippen LogP contribution in [0.25, 0.3) is 0 Å². The molecule has 3 heteroatoms. The lowest BCUT2D eigenvalue weighted by Gasteiger charge is -2.11. The first kappa shape index (κ1) is 6.82. The summed E-state index contributed by atoms with van der Waals surface area (Å²) < 4.78 is 22.6. The number of hydrogen-bond donors (Lipinski definition) is 1. The summed E-state index contributed by atoms with van der Waals surface area (Å²) in [5.41, 5.74) is -1.75. The van der Waals surface area contributed by atoms with Crippen LogP contribution in [-0.4, -0.2) is 24.1 Å². The molecule has 0 amide bonds. The first-order chi connectivity index (χ1) is 3.12. The average molecular weight is 110 g/mol. The molecule has 0 rings (SSSR count). The molecule has 0 radical (unpaired) electrons. The van der Waals surface area contributed by atoms with E-state index in [1.165, 1.54) is 0 Å². The van der Waals surface area contributed by atoms with Gasteiger partial charge in [-0.2, -0.15) is 0 Å². The third-order valence-corrected chi connectivity index (χ3v) is 0.576. The van der Waals surface area contributed by atoms with Crippen molar-refractivity contribution in [3.63, 3.8) is 0 Å². The Balaban J connectivity index is 3.36. The van der Waals surface area contributed by atoms with Crippen molar-refractivity contribution in [1.29, 1.82) is 0 Å². The van der Waals surface area contributed by atoms with Crippen molar-refractivity contribution in [2.45, 2.75) is 12.5 Å². The first-order valence-corrected chi connectivity index (χ1v) is 1.97. The highest BCUT2D eigenvalue weighted by molar-refractivity contribution is 4.67. The summed E-state index contributed by atoms with van der Waals surface area (Å²) in [4.78, 5) is 0. The van der Waals surface area contributed by atoms with Gasteiger partial charge >= 0.3 is 0 Å².